The molecule has 0 spiro atoms. The SMILES string of the molecule is Cc1cc(Oc2coc3cc(OCc4c(Cl)ccc(Cl)c4Cl)ccc3c2=O)cc(C)c1Cl. The summed E-state index contributed by atoms with van der Waals surface area (Å²) in [6, 6.07) is 11.7. The zero-order valence-corrected chi connectivity index (χ0v) is 20.0. The lowest BCUT2D eigenvalue weighted by Crippen LogP contribution is -2.05. The number of aryl methyl sites for hydroxylation is 2. The molecule has 8 heteroatoms. The lowest BCUT2D eigenvalue weighted by Gasteiger charge is -2.11. The Bertz CT molecular complexity index is 1370. The number of halogens is 4. The van der Waals surface area contributed by atoms with Gasteiger partial charge >= 0.3 is 0 Å². The second-order valence-electron chi connectivity index (χ2n) is 7.17. The fourth-order valence-corrected chi connectivity index (χ4v) is 3.97. The lowest BCUT2D eigenvalue weighted by molar-refractivity contribution is 0.306. The third-order valence-electron chi connectivity index (χ3n) is 4.87. The molecule has 1 aromatic heterocycles. The van der Waals surface area contributed by atoms with Crippen molar-refractivity contribution in [3.63, 3.8) is 0 Å². The third kappa shape index (κ3) is 4.55. The van der Waals surface area contributed by atoms with Crippen molar-refractivity contribution in [2.24, 2.45) is 0 Å². The molecule has 0 saturated heterocycles. The molecule has 32 heavy (non-hydrogen) atoms. The minimum absolute atomic E-state index is 0.0739. The van der Waals surface area contributed by atoms with Crippen molar-refractivity contribution in [3.05, 3.63) is 95.7 Å². The first-order valence-corrected chi connectivity index (χ1v) is 11.0. The highest BCUT2D eigenvalue weighted by Crippen LogP contribution is 2.33. The quantitative estimate of drug-likeness (QED) is 0.253. The molecule has 0 atom stereocenters. The van der Waals surface area contributed by atoms with Crippen LogP contribution in [0.3, 0.4) is 0 Å². The van der Waals surface area contributed by atoms with E-state index in [2.05, 4.69) is 0 Å². The van der Waals surface area contributed by atoms with Crippen LogP contribution >= 0.6 is 46.4 Å². The van der Waals surface area contributed by atoms with Gasteiger partial charge in [-0.15, -0.1) is 0 Å². The maximum absolute atomic E-state index is 12.9. The van der Waals surface area contributed by atoms with Crippen molar-refractivity contribution >= 4 is 57.4 Å². The van der Waals surface area contributed by atoms with E-state index in [-0.39, 0.29) is 17.8 Å². The smallest absolute Gasteiger partial charge is 0.235 e. The first-order chi connectivity index (χ1) is 15.2. The van der Waals surface area contributed by atoms with Gasteiger partial charge in [0.2, 0.25) is 11.2 Å². The normalized spacial score (nSPS) is 11.1. The second kappa shape index (κ2) is 9.24. The molecular weight excluding hydrogens is 494 g/mol. The predicted octanol–water partition coefficient (Wildman–Crippen LogP) is 8.39. The summed E-state index contributed by atoms with van der Waals surface area (Å²) in [5.41, 5.74) is 2.33. The van der Waals surface area contributed by atoms with E-state index in [0.29, 0.717) is 48.1 Å². The van der Waals surface area contributed by atoms with Gasteiger partial charge < -0.3 is 13.9 Å². The van der Waals surface area contributed by atoms with Gasteiger partial charge in [0.1, 0.15) is 30.0 Å². The Morgan fingerprint density at radius 3 is 2.25 bits per heavy atom. The van der Waals surface area contributed by atoms with E-state index >= 15 is 0 Å². The monoisotopic (exact) mass is 508 g/mol. The van der Waals surface area contributed by atoms with Crippen LogP contribution < -0.4 is 14.9 Å². The van der Waals surface area contributed by atoms with E-state index in [9.17, 15) is 4.79 Å². The van der Waals surface area contributed by atoms with E-state index in [0.717, 1.165) is 11.1 Å². The van der Waals surface area contributed by atoms with Gasteiger partial charge in [0.15, 0.2) is 0 Å². The average molecular weight is 510 g/mol. The molecule has 0 amide bonds. The van der Waals surface area contributed by atoms with Gasteiger partial charge in [-0.25, -0.2) is 0 Å². The van der Waals surface area contributed by atoms with E-state index in [1.54, 1.807) is 42.5 Å². The van der Waals surface area contributed by atoms with Crippen LogP contribution in [0.1, 0.15) is 16.7 Å². The molecule has 4 rings (SSSR count). The van der Waals surface area contributed by atoms with Crippen molar-refractivity contribution in [3.8, 4) is 17.2 Å². The van der Waals surface area contributed by atoms with Crippen LogP contribution in [0.25, 0.3) is 11.0 Å². The van der Waals surface area contributed by atoms with Gasteiger partial charge in [0.25, 0.3) is 0 Å². The maximum Gasteiger partial charge on any atom is 0.235 e. The number of fused-ring (bicyclic) bond motifs is 1. The van der Waals surface area contributed by atoms with Crippen LogP contribution in [-0.2, 0) is 6.61 Å². The van der Waals surface area contributed by atoms with E-state index in [1.165, 1.54) is 6.26 Å². The topological polar surface area (TPSA) is 48.7 Å². The molecule has 0 unspecified atom stereocenters. The fraction of sp³-hybridized carbons (Fsp3) is 0.125. The van der Waals surface area contributed by atoms with Gasteiger partial charge in [-0.2, -0.15) is 0 Å². The molecule has 4 nitrogen and oxygen atoms in total. The Morgan fingerprint density at radius 2 is 1.53 bits per heavy atom. The molecule has 1 heterocycles. The van der Waals surface area contributed by atoms with Gasteiger partial charge in [0.05, 0.1) is 15.4 Å². The summed E-state index contributed by atoms with van der Waals surface area (Å²) in [6.07, 6.45) is 1.28. The Labute approximate surface area is 204 Å². The van der Waals surface area contributed by atoms with Crippen LogP contribution in [0.5, 0.6) is 17.2 Å². The van der Waals surface area contributed by atoms with Gasteiger partial charge in [-0.3, -0.25) is 4.79 Å². The van der Waals surface area contributed by atoms with E-state index < -0.39 is 0 Å². The molecular formula is C24H16Cl4O4. The Morgan fingerprint density at radius 1 is 0.844 bits per heavy atom. The molecule has 0 aliphatic carbocycles. The summed E-state index contributed by atoms with van der Waals surface area (Å²) < 4.78 is 17.2. The number of ether oxygens (including phenoxy) is 2. The highest BCUT2D eigenvalue weighted by atomic mass is 35.5. The summed E-state index contributed by atoms with van der Waals surface area (Å²) in [5, 5.41) is 2.19. The first kappa shape index (κ1) is 22.8. The van der Waals surface area contributed by atoms with Crippen molar-refractivity contribution in [1.82, 2.24) is 0 Å². The summed E-state index contributed by atoms with van der Waals surface area (Å²) in [6.45, 7) is 3.84. The van der Waals surface area contributed by atoms with E-state index in [1.807, 2.05) is 13.8 Å². The standard InChI is InChI=1S/C24H16Cl4O4/c1-12-7-15(8-13(2)22(12)27)32-21-11-31-20-9-14(3-4-16(20)24(21)29)30-10-17-18(25)5-6-19(26)23(17)28/h3-9,11H,10H2,1-2H3. The predicted molar refractivity (Wildman–Crippen MR) is 129 cm³/mol. The first-order valence-electron chi connectivity index (χ1n) is 9.50. The van der Waals surface area contributed by atoms with Crippen molar-refractivity contribution < 1.29 is 13.9 Å². The zero-order valence-electron chi connectivity index (χ0n) is 17.0. The molecule has 0 fully saturated rings. The molecule has 0 saturated carbocycles. The fourth-order valence-electron chi connectivity index (χ4n) is 3.20. The summed E-state index contributed by atoms with van der Waals surface area (Å²) >= 11 is 24.7. The third-order valence-corrected chi connectivity index (χ3v) is 6.67. The number of hydrogen-bond donors (Lipinski definition) is 0. The Balaban J connectivity index is 1.59. The summed E-state index contributed by atoms with van der Waals surface area (Å²) in [5.74, 6) is 1.06. The van der Waals surface area contributed by atoms with Crippen LogP contribution in [0.15, 0.2) is 57.9 Å². The number of hydrogen-bond acceptors (Lipinski definition) is 4. The van der Waals surface area contributed by atoms with Crippen LogP contribution in [-0.4, -0.2) is 0 Å². The molecule has 4 aromatic rings. The molecule has 3 aromatic carbocycles. The Hall–Kier alpha value is -2.37. The van der Waals surface area contributed by atoms with Crippen molar-refractivity contribution in [2.75, 3.05) is 0 Å². The largest absolute Gasteiger partial charge is 0.489 e. The van der Waals surface area contributed by atoms with E-state index in [4.69, 9.17) is 60.3 Å². The molecule has 0 aliphatic heterocycles. The second-order valence-corrected chi connectivity index (χ2v) is 8.74. The maximum atomic E-state index is 12.9. The van der Waals surface area contributed by atoms with Crippen LogP contribution in [0, 0.1) is 13.8 Å². The van der Waals surface area contributed by atoms with Crippen molar-refractivity contribution in [1.29, 1.82) is 0 Å². The van der Waals surface area contributed by atoms with Crippen LogP contribution in [0.4, 0.5) is 0 Å². The minimum atomic E-state index is -0.302. The molecule has 164 valence electrons. The van der Waals surface area contributed by atoms with Gasteiger partial charge in [-0.05, 0) is 61.4 Å². The van der Waals surface area contributed by atoms with Gasteiger partial charge in [-0.1, -0.05) is 46.4 Å². The lowest BCUT2D eigenvalue weighted by atomic mass is 10.1. The highest BCUT2D eigenvalue weighted by Gasteiger charge is 2.14. The van der Waals surface area contributed by atoms with Gasteiger partial charge in [0, 0.05) is 21.7 Å². The molecule has 0 radical (unpaired) electrons. The Kier molecular flexibility index (Phi) is 6.59. The summed E-state index contributed by atoms with van der Waals surface area (Å²) in [7, 11) is 0. The number of rotatable bonds is 5. The zero-order chi connectivity index (χ0) is 23.0. The van der Waals surface area contributed by atoms with Crippen LogP contribution in [0.2, 0.25) is 20.1 Å². The average Bonchev–Trinajstić information content (AvgIpc) is 2.76. The van der Waals surface area contributed by atoms with Crippen molar-refractivity contribution in [2.45, 2.75) is 20.5 Å². The number of benzene rings is 3. The minimum Gasteiger partial charge on any atom is -0.489 e. The molecule has 0 aliphatic rings. The molecule has 0 bridgehead atoms. The summed E-state index contributed by atoms with van der Waals surface area (Å²) in [4.78, 5) is 12.9. The molecule has 0 N–H and O–H groups in total. The highest BCUT2D eigenvalue weighted by molar-refractivity contribution is 6.44.